The molecular weight excluding hydrogens is 506 g/mol. The molecule has 14 heteroatoms. The molecule has 0 bridgehead atoms. The molecule has 0 fully saturated rings. The number of fused-ring (bicyclic) bond motifs is 1. The number of benzene rings is 1. The number of carboxylic acids is 1. The summed E-state index contributed by atoms with van der Waals surface area (Å²) in [5.41, 5.74) is 23.7. The Morgan fingerprint density at radius 3 is 2.41 bits per heavy atom. The molecule has 1 heterocycles. The van der Waals surface area contributed by atoms with Crippen LogP contribution in [0.25, 0.3) is 10.9 Å². The number of aliphatic imine (C=N–C) groups is 1. The molecule has 14 nitrogen and oxygen atoms in total. The fourth-order valence-electron chi connectivity index (χ4n) is 3.95. The minimum Gasteiger partial charge on any atom is -0.480 e. The molecule has 3 atom stereocenters. The Hall–Kier alpha value is -4.17. The van der Waals surface area contributed by atoms with Crippen LogP contribution in [0, 0.1) is 0 Å². The van der Waals surface area contributed by atoms with Crippen molar-refractivity contribution in [3.63, 3.8) is 0 Å². The Labute approximate surface area is 226 Å². The summed E-state index contributed by atoms with van der Waals surface area (Å²) in [6, 6.07) is 4.44. The zero-order chi connectivity index (χ0) is 28.8. The summed E-state index contributed by atoms with van der Waals surface area (Å²) in [6.45, 7) is 0.255. The Morgan fingerprint density at radius 1 is 0.974 bits per heavy atom. The highest BCUT2D eigenvalue weighted by Crippen LogP contribution is 2.19. The Morgan fingerprint density at radius 2 is 1.72 bits per heavy atom. The van der Waals surface area contributed by atoms with Crippen molar-refractivity contribution >= 4 is 40.6 Å². The number of guanidine groups is 1. The van der Waals surface area contributed by atoms with E-state index in [2.05, 4.69) is 25.9 Å². The molecular formula is C25H39N9O5. The second-order valence-corrected chi connectivity index (χ2v) is 9.14. The molecule has 2 rings (SSSR count). The van der Waals surface area contributed by atoms with Crippen LogP contribution in [0.3, 0.4) is 0 Å². The molecule has 1 aromatic heterocycles. The van der Waals surface area contributed by atoms with Gasteiger partial charge < -0.3 is 49.0 Å². The Bertz CT molecular complexity index is 1150. The fourth-order valence-corrected chi connectivity index (χ4v) is 3.95. The summed E-state index contributed by atoms with van der Waals surface area (Å²) in [4.78, 5) is 56.7. The molecule has 0 aliphatic heterocycles. The number of carbonyl (C=O) groups is 4. The highest BCUT2D eigenvalue weighted by Gasteiger charge is 2.26. The zero-order valence-electron chi connectivity index (χ0n) is 21.8. The van der Waals surface area contributed by atoms with Crippen molar-refractivity contribution in [2.45, 2.75) is 56.7 Å². The smallest absolute Gasteiger partial charge is 0.326 e. The number of nitrogens with one attached hydrogen (secondary N) is 4. The normalized spacial score (nSPS) is 13.2. The van der Waals surface area contributed by atoms with Gasteiger partial charge in [0.2, 0.25) is 17.7 Å². The standard InChI is InChI=1S/C25H39N9O5/c26-10-4-3-9-19(24(38)39)33-21(35)14-32-23(37)20(12-15-13-31-18-8-2-1-6-16(15)18)34-22(36)17(27)7-5-11-30-25(28)29/h1-2,6,8,13,17,19-20,31H,3-5,7,9-12,14,26-27H2,(H,32,37)(H,33,35)(H,34,36)(H,38,39)(H4,28,29,30)/t17-,19-,20-/m0/s1. The lowest BCUT2D eigenvalue weighted by Gasteiger charge is -2.21. The first-order valence-electron chi connectivity index (χ1n) is 12.8. The third-order valence-electron chi connectivity index (χ3n) is 6.04. The lowest BCUT2D eigenvalue weighted by Crippen LogP contribution is -2.54. The van der Waals surface area contributed by atoms with Crippen molar-refractivity contribution in [3.05, 3.63) is 36.0 Å². The molecule has 13 N–H and O–H groups in total. The molecule has 0 radical (unpaired) electrons. The maximum atomic E-state index is 13.1. The molecule has 0 aliphatic carbocycles. The summed E-state index contributed by atoms with van der Waals surface area (Å²) >= 11 is 0. The fraction of sp³-hybridized carbons (Fsp3) is 0.480. The summed E-state index contributed by atoms with van der Waals surface area (Å²) in [6.07, 6.45) is 3.99. The van der Waals surface area contributed by atoms with E-state index in [9.17, 15) is 24.3 Å². The lowest BCUT2D eigenvalue weighted by atomic mass is 10.0. The first kappa shape index (κ1) is 31.1. The van der Waals surface area contributed by atoms with Gasteiger partial charge in [-0.15, -0.1) is 0 Å². The topological polar surface area (TPSA) is 257 Å². The molecule has 39 heavy (non-hydrogen) atoms. The van der Waals surface area contributed by atoms with Gasteiger partial charge in [-0.2, -0.15) is 0 Å². The summed E-state index contributed by atoms with van der Waals surface area (Å²) in [5, 5.41) is 17.8. The second-order valence-electron chi connectivity index (χ2n) is 9.14. The zero-order valence-corrected chi connectivity index (χ0v) is 21.8. The second kappa shape index (κ2) is 15.9. The molecule has 214 valence electrons. The van der Waals surface area contributed by atoms with Crippen LogP contribution in [0.4, 0.5) is 0 Å². The van der Waals surface area contributed by atoms with Crippen LogP contribution in [0.5, 0.6) is 0 Å². The van der Waals surface area contributed by atoms with Crippen molar-refractivity contribution in [2.24, 2.45) is 27.9 Å². The Kier molecular flexibility index (Phi) is 12.7. The van der Waals surface area contributed by atoms with Gasteiger partial charge in [0, 0.05) is 30.1 Å². The van der Waals surface area contributed by atoms with Crippen LogP contribution >= 0.6 is 0 Å². The average molecular weight is 546 g/mol. The third-order valence-corrected chi connectivity index (χ3v) is 6.04. The van der Waals surface area contributed by atoms with Gasteiger partial charge in [0.15, 0.2) is 5.96 Å². The molecule has 0 unspecified atom stereocenters. The number of para-hydroxylation sites is 1. The maximum absolute atomic E-state index is 13.1. The molecule has 0 spiro atoms. The molecule has 1 aromatic carbocycles. The summed E-state index contributed by atoms with van der Waals surface area (Å²) in [7, 11) is 0. The van der Waals surface area contributed by atoms with E-state index in [1.807, 2.05) is 24.3 Å². The van der Waals surface area contributed by atoms with Crippen LogP contribution in [0.2, 0.25) is 0 Å². The number of carboxylic acid groups (broad SMARTS) is 1. The van der Waals surface area contributed by atoms with Crippen molar-refractivity contribution in [3.8, 4) is 0 Å². The van der Waals surface area contributed by atoms with Crippen molar-refractivity contribution < 1.29 is 24.3 Å². The van der Waals surface area contributed by atoms with E-state index in [0.29, 0.717) is 32.4 Å². The average Bonchev–Trinajstić information content (AvgIpc) is 3.31. The SMILES string of the molecule is NCCCC[C@H](NC(=O)CNC(=O)[C@H](Cc1c[nH]c2ccccc12)NC(=O)[C@@H](N)CCCN=C(N)N)C(=O)O. The first-order chi connectivity index (χ1) is 18.6. The van der Waals surface area contributed by atoms with Crippen molar-refractivity contribution in [1.82, 2.24) is 20.9 Å². The van der Waals surface area contributed by atoms with E-state index in [1.54, 1.807) is 6.20 Å². The molecule has 0 saturated carbocycles. The van der Waals surface area contributed by atoms with Gasteiger partial charge in [-0.25, -0.2) is 4.79 Å². The third kappa shape index (κ3) is 10.6. The Balaban J connectivity index is 2.05. The van der Waals surface area contributed by atoms with Gasteiger partial charge in [0.1, 0.15) is 12.1 Å². The predicted molar refractivity (Wildman–Crippen MR) is 147 cm³/mol. The van der Waals surface area contributed by atoms with Gasteiger partial charge in [-0.3, -0.25) is 19.4 Å². The number of rotatable bonds is 17. The molecule has 0 aliphatic rings. The van der Waals surface area contributed by atoms with Crippen LogP contribution in [-0.4, -0.2) is 77.5 Å². The van der Waals surface area contributed by atoms with E-state index in [-0.39, 0.29) is 25.2 Å². The van der Waals surface area contributed by atoms with Gasteiger partial charge in [0.25, 0.3) is 0 Å². The maximum Gasteiger partial charge on any atom is 0.326 e. The van der Waals surface area contributed by atoms with Crippen LogP contribution in [-0.2, 0) is 25.6 Å². The van der Waals surface area contributed by atoms with E-state index >= 15 is 0 Å². The number of nitrogens with zero attached hydrogens (tertiary/aromatic N) is 1. The predicted octanol–water partition coefficient (Wildman–Crippen LogP) is -1.61. The number of hydrogen-bond donors (Lipinski definition) is 9. The van der Waals surface area contributed by atoms with E-state index < -0.39 is 48.4 Å². The van der Waals surface area contributed by atoms with E-state index in [4.69, 9.17) is 22.9 Å². The van der Waals surface area contributed by atoms with Crippen LogP contribution in [0.1, 0.15) is 37.7 Å². The van der Waals surface area contributed by atoms with Crippen molar-refractivity contribution in [2.75, 3.05) is 19.6 Å². The van der Waals surface area contributed by atoms with E-state index in [1.165, 1.54) is 0 Å². The number of carbonyl (C=O) groups excluding carboxylic acids is 3. The molecule has 3 amide bonds. The van der Waals surface area contributed by atoms with Crippen molar-refractivity contribution in [1.29, 1.82) is 0 Å². The number of nitrogens with two attached hydrogens (primary N) is 4. The number of aromatic nitrogens is 1. The minimum atomic E-state index is -1.18. The van der Waals surface area contributed by atoms with Gasteiger partial charge >= 0.3 is 5.97 Å². The highest BCUT2D eigenvalue weighted by molar-refractivity contribution is 5.93. The number of aliphatic carboxylic acids is 1. The first-order valence-corrected chi connectivity index (χ1v) is 12.8. The van der Waals surface area contributed by atoms with Gasteiger partial charge in [-0.05, 0) is 50.3 Å². The number of hydrogen-bond acceptors (Lipinski definition) is 7. The number of aromatic amines is 1. The number of H-pyrrole nitrogens is 1. The summed E-state index contributed by atoms with van der Waals surface area (Å²) in [5.74, 6) is -3.07. The largest absolute Gasteiger partial charge is 0.480 e. The number of unbranched alkanes of at least 4 members (excludes halogenated alkanes) is 1. The lowest BCUT2D eigenvalue weighted by molar-refractivity contribution is -0.142. The molecule has 0 saturated heterocycles. The quantitative estimate of drug-likeness (QED) is 0.0628. The van der Waals surface area contributed by atoms with Gasteiger partial charge in [0.05, 0.1) is 12.6 Å². The molecule has 2 aromatic rings. The van der Waals surface area contributed by atoms with Gasteiger partial charge in [-0.1, -0.05) is 18.2 Å². The highest BCUT2D eigenvalue weighted by atomic mass is 16.4. The van der Waals surface area contributed by atoms with Crippen LogP contribution in [0.15, 0.2) is 35.5 Å². The van der Waals surface area contributed by atoms with Crippen LogP contribution < -0.4 is 38.9 Å². The van der Waals surface area contributed by atoms with E-state index in [0.717, 1.165) is 16.5 Å². The summed E-state index contributed by atoms with van der Waals surface area (Å²) < 4.78 is 0. The number of amides is 3. The minimum absolute atomic E-state index is 0.0576. The monoisotopic (exact) mass is 545 g/mol.